The normalized spacial score (nSPS) is 12.5. The molecule has 2 N–H and O–H groups in total. The Labute approximate surface area is 98.9 Å². The van der Waals surface area contributed by atoms with Gasteiger partial charge in [-0.25, -0.2) is 0 Å². The minimum atomic E-state index is -0.527. The summed E-state index contributed by atoms with van der Waals surface area (Å²) in [6.07, 6.45) is 0.896. The molecule has 6 heteroatoms. The molecule has 17 heavy (non-hydrogen) atoms. The van der Waals surface area contributed by atoms with E-state index in [1.165, 1.54) is 32.5 Å². The number of hydrogen-bond donors (Lipinski definition) is 2. The Morgan fingerprint density at radius 3 is 2.59 bits per heavy atom. The Kier molecular flexibility index (Phi) is 4.86. The van der Waals surface area contributed by atoms with Gasteiger partial charge in [0.25, 0.3) is 5.91 Å². The lowest BCUT2D eigenvalue weighted by molar-refractivity contribution is -0.117. The van der Waals surface area contributed by atoms with Gasteiger partial charge in [0.15, 0.2) is 6.29 Å². The summed E-state index contributed by atoms with van der Waals surface area (Å²) in [5.74, 6) is -0.345. The van der Waals surface area contributed by atoms with E-state index in [1.807, 2.05) is 0 Å². The van der Waals surface area contributed by atoms with E-state index in [-0.39, 0.29) is 17.5 Å². The van der Waals surface area contributed by atoms with Gasteiger partial charge in [-0.1, -0.05) is 0 Å². The molecule has 1 rings (SSSR count). The molecule has 0 aliphatic heterocycles. The van der Waals surface area contributed by atoms with Gasteiger partial charge in [-0.2, -0.15) is 0 Å². The van der Waals surface area contributed by atoms with E-state index in [4.69, 9.17) is 9.47 Å². The van der Waals surface area contributed by atoms with Crippen molar-refractivity contribution in [2.75, 3.05) is 14.2 Å². The number of hydrogen-bond acceptors (Lipinski definition) is 4. The van der Waals surface area contributed by atoms with E-state index in [0.29, 0.717) is 5.56 Å². The molecule has 0 saturated heterocycles. The van der Waals surface area contributed by atoms with Crippen molar-refractivity contribution in [1.82, 2.24) is 10.3 Å². The van der Waals surface area contributed by atoms with Crippen LogP contribution in [0.3, 0.4) is 0 Å². The van der Waals surface area contributed by atoms with Gasteiger partial charge in [0.1, 0.15) is 0 Å². The highest BCUT2D eigenvalue weighted by atomic mass is 16.7. The number of nitrogens with one attached hydrogen (secondary N) is 2. The molecule has 0 saturated carbocycles. The highest BCUT2D eigenvalue weighted by molar-refractivity contribution is 5.94. The number of H-pyrrole nitrogens is 1. The summed E-state index contributed by atoms with van der Waals surface area (Å²) in [7, 11) is 2.98. The first kappa shape index (κ1) is 13.4. The van der Waals surface area contributed by atoms with Crippen LogP contribution in [0.15, 0.2) is 23.1 Å². The number of pyridine rings is 1. The predicted octanol–water partition coefficient (Wildman–Crippen LogP) is 0.112. The van der Waals surface area contributed by atoms with Gasteiger partial charge in [-0.3, -0.25) is 9.59 Å². The smallest absolute Gasteiger partial charge is 0.251 e. The molecule has 0 aliphatic carbocycles. The maximum absolute atomic E-state index is 11.8. The second-order valence-corrected chi connectivity index (χ2v) is 3.54. The number of amides is 1. The van der Waals surface area contributed by atoms with Crippen molar-refractivity contribution in [3.63, 3.8) is 0 Å². The minimum Gasteiger partial charge on any atom is -0.354 e. The Morgan fingerprint density at radius 2 is 2.06 bits per heavy atom. The van der Waals surface area contributed by atoms with Crippen LogP contribution in [0.2, 0.25) is 0 Å². The third-order valence-electron chi connectivity index (χ3n) is 2.27. The molecule has 0 aliphatic rings. The summed E-state index contributed by atoms with van der Waals surface area (Å²) in [4.78, 5) is 25.3. The SMILES string of the molecule is COC(OC)C(C)NC(=O)c1cc[nH]c(=O)c1. The monoisotopic (exact) mass is 240 g/mol. The number of aromatic nitrogens is 1. The second-order valence-electron chi connectivity index (χ2n) is 3.54. The van der Waals surface area contributed by atoms with Gasteiger partial charge < -0.3 is 19.8 Å². The van der Waals surface area contributed by atoms with Crippen LogP contribution in [0.5, 0.6) is 0 Å². The second kappa shape index (κ2) is 6.17. The summed E-state index contributed by atoms with van der Waals surface area (Å²) in [6, 6.07) is 2.44. The molecule has 1 aromatic heterocycles. The molecular formula is C11H16N2O4. The van der Waals surface area contributed by atoms with Gasteiger partial charge in [0.2, 0.25) is 5.56 Å². The van der Waals surface area contributed by atoms with E-state index >= 15 is 0 Å². The van der Waals surface area contributed by atoms with Crippen LogP contribution in [-0.2, 0) is 9.47 Å². The van der Waals surface area contributed by atoms with Crippen LogP contribution >= 0.6 is 0 Å². The van der Waals surface area contributed by atoms with Crippen LogP contribution in [0, 0.1) is 0 Å². The molecule has 1 aromatic rings. The Balaban J connectivity index is 2.69. The molecule has 0 aromatic carbocycles. The third-order valence-corrected chi connectivity index (χ3v) is 2.27. The first-order valence-corrected chi connectivity index (χ1v) is 5.13. The van der Waals surface area contributed by atoms with Crippen molar-refractivity contribution in [1.29, 1.82) is 0 Å². The third kappa shape index (κ3) is 3.69. The van der Waals surface area contributed by atoms with Crippen molar-refractivity contribution in [2.45, 2.75) is 19.3 Å². The van der Waals surface area contributed by atoms with Crippen LogP contribution in [0.1, 0.15) is 17.3 Å². The molecule has 0 fully saturated rings. The van der Waals surface area contributed by atoms with Crippen molar-refractivity contribution < 1.29 is 14.3 Å². The lowest BCUT2D eigenvalue weighted by Gasteiger charge is -2.21. The number of methoxy groups -OCH3 is 2. The standard InChI is InChI=1S/C11H16N2O4/c1-7(11(16-2)17-3)13-10(15)8-4-5-12-9(14)6-8/h4-7,11H,1-3H3,(H,12,14)(H,13,15). The summed E-state index contributed by atoms with van der Waals surface area (Å²) in [5.41, 5.74) is -0.0214. The first-order chi connectivity index (χ1) is 8.08. The van der Waals surface area contributed by atoms with Gasteiger partial charge in [0.05, 0.1) is 6.04 Å². The average molecular weight is 240 g/mol. The van der Waals surface area contributed by atoms with Gasteiger partial charge in [0, 0.05) is 32.0 Å². The van der Waals surface area contributed by atoms with Gasteiger partial charge in [-0.15, -0.1) is 0 Å². The zero-order valence-corrected chi connectivity index (χ0v) is 10.0. The fourth-order valence-corrected chi connectivity index (χ4v) is 1.45. The fourth-order valence-electron chi connectivity index (χ4n) is 1.45. The maximum Gasteiger partial charge on any atom is 0.251 e. The lowest BCUT2D eigenvalue weighted by Crippen LogP contribution is -2.43. The Bertz CT molecular complexity index is 425. The van der Waals surface area contributed by atoms with Crippen molar-refractivity contribution in [3.8, 4) is 0 Å². The molecule has 1 amide bonds. The van der Waals surface area contributed by atoms with Gasteiger partial charge >= 0.3 is 0 Å². The highest BCUT2D eigenvalue weighted by Crippen LogP contribution is 2.01. The van der Waals surface area contributed by atoms with E-state index in [1.54, 1.807) is 6.92 Å². The Hall–Kier alpha value is -1.66. The maximum atomic E-state index is 11.8. The fraction of sp³-hybridized carbons (Fsp3) is 0.455. The molecule has 94 valence electrons. The first-order valence-electron chi connectivity index (χ1n) is 5.13. The molecular weight excluding hydrogens is 224 g/mol. The number of carbonyl (C=O) groups excluding carboxylic acids is 1. The molecule has 1 unspecified atom stereocenters. The zero-order chi connectivity index (χ0) is 12.8. The van der Waals surface area contributed by atoms with E-state index in [0.717, 1.165) is 0 Å². The molecule has 1 atom stereocenters. The van der Waals surface area contributed by atoms with Crippen molar-refractivity contribution in [2.24, 2.45) is 0 Å². The summed E-state index contributed by atoms with van der Waals surface area (Å²) < 4.78 is 10.0. The quantitative estimate of drug-likeness (QED) is 0.716. The summed E-state index contributed by atoms with van der Waals surface area (Å²) in [5, 5.41) is 2.68. The van der Waals surface area contributed by atoms with E-state index in [9.17, 15) is 9.59 Å². The van der Waals surface area contributed by atoms with Crippen LogP contribution in [0.25, 0.3) is 0 Å². The number of aromatic amines is 1. The largest absolute Gasteiger partial charge is 0.354 e. The molecule has 6 nitrogen and oxygen atoms in total. The van der Waals surface area contributed by atoms with Crippen molar-refractivity contribution in [3.05, 3.63) is 34.2 Å². The lowest BCUT2D eigenvalue weighted by atomic mass is 10.2. The van der Waals surface area contributed by atoms with E-state index in [2.05, 4.69) is 10.3 Å². The van der Waals surface area contributed by atoms with Crippen LogP contribution in [0.4, 0.5) is 0 Å². The summed E-state index contributed by atoms with van der Waals surface area (Å²) >= 11 is 0. The average Bonchev–Trinajstić information content (AvgIpc) is 2.30. The van der Waals surface area contributed by atoms with Crippen LogP contribution in [-0.4, -0.2) is 37.4 Å². The molecule has 0 bridgehead atoms. The molecule has 0 radical (unpaired) electrons. The predicted molar refractivity (Wildman–Crippen MR) is 61.8 cm³/mol. The number of rotatable bonds is 5. The Morgan fingerprint density at radius 1 is 1.41 bits per heavy atom. The topological polar surface area (TPSA) is 80.4 Å². The van der Waals surface area contributed by atoms with E-state index < -0.39 is 6.29 Å². The number of carbonyl (C=O) groups is 1. The van der Waals surface area contributed by atoms with Gasteiger partial charge in [-0.05, 0) is 13.0 Å². The van der Waals surface area contributed by atoms with Crippen molar-refractivity contribution >= 4 is 5.91 Å². The molecule has 1 heterocycles. The highest BCUT2D eigenvalue weighted by Gasteiger charge is 2.18. The zero-order valence-electron chi connectivity index (χ0n) is 10.0. The number of ether oxygens (including phenoxy) is 2. The minimum absolute atomic E-state index is 0.298. The summed E-state index contributed by atoms with van der Waals surface area (Å²) in [6.45, 7) is 1.75. The molecule has 0 spiro atoms. The van der Waals surface area contributed by atoms with Crippen LogP contribution < -0.4 is 10.9 Å².